The van der Waals surface area contributed by atoms with Gasteiger partial charge in [-0.05, 0) is 77.7 Å². The van der Waals surface area contributed by atoms with Gasteiger partial charge in [-0.3, -0.25) is 0 Å². The van der Waals surface area contributed by atoms with E-state index in [0.29, 0.717) is 12.0 Å². The lowest BCUT2D eigenvalue weighted by molar-refractivity contribution is 0.612. The van der Waals surface area contributed by atoms with Gasteiger partial charge in [-0.25, -0.2) is 9.07 Å². The average Bonchev–Trinajstić information content (AvgIpc) is 2.80. The molecule has 128 valence electrons. The summed E-state index contributed by atoms with van der Waals surface area (Å²) < 4.78 is 17.3. The van der Waals surface area contributed by atoms with E-state index in [0.717, 1.165) is 43.0 Å². The molecule has 1 N–H and O–H groups in total. The SMILES string of the molecule is Fc1ccccc1Cc1nn(-c2ccc(I)cc2)c2c1CCCCN2. The maximum atomic E-state index is 14.1. The Balaban J connectivity index is 1.79. The number of rotatable bonds is 3. The molecular formula is C20H19FIN3. The molecular weight excluding hydrogens is 428 g/mol. The highest BCUT2D eigenvalue weighted by atomic mass is 127. The molecule has 0 atom stereocenters. The first-order valence-electron chi connectivity index (χ1n) is 8.56. The Bertz CT molecular complexity index is 886. The fourth-order valence-corrected chi connectivity index (χ4v) is 3.67. The van der Waals surface area contributed by atoms with Gasteiger partial charge in [-0.2, -0.15) is 5.10 Å². The molecule has 0 aliphatic carbocycles. The minimum absolute atomic E-state index is 0.165. The Morgan fingerprint density at radius 2 is 1.88 bits per heavy atom. The lowest BCUT2D eigenvalue weighted by Crippen LogP contribution is -2.07. The summed E-state index contributed by atoms with van der Waals surface area (Å²) in [5.41, 5.74) is 3.92. The predicted octanol–water partition coefficient (Wildman–Crippen LogP) is 4.96. The maximum absolute atomic E-state index is 14.1. The number of fused-ring (bicyclic) bond motifs is 1. The zero-order valence-corrected chi connectivity index (χ0v) is 16.0. The van der Waals surface area contributed by atoms with Gasteiger partial charge in [0.2, 0.25) is 0 Å². The van der Waals surface area contributed by atoms with Gasteiger partial charge in [-0.1, -0.05) is 18.2 Å². The molecule has 0 spiro atoms. The van der Waals surface area contributed by atoms with Crippen molar-refractivity contribution in [2.75, 3.05) is 11.9 Å². The predicted molar refractivity (Wildman–Crippen MR) is 107 cm³/mol. The Morgan fingerprint density at radius 1 is 1.08 bits per heavy atom. The lowest BCUT2D eigenvalue weighted by atomic mass is 10.0. The van der Waals surface area contributed by atoms with Crippen molar-refractivity contribution in [2.24, 2.45) is 0 Å². The molecule has 2 heterocycles. The van der Waals surface area contributed by atoms with Crippen molar-refractivity contribution >= 4 is 28.4 Å². The van der Waals surface area contributed by atoms with Gasteiger partial charge in [0.25, 0.3) is 0 Å². The van der Waals surface area contributed by atoms with Crippen LogP contribution in [0, 0.1) is 9.39 Å². The van der Waals surface area contributed by atoms with Gasteiger partial charge >= 0.3 is 0 Å². The molecule has 0 saturated carbocycles. The van der Waals surface area contributed by atoms with Crippen LogP contribution in [0.4, 0.5) is 10.2 Å². The highest BCUT2D eigenvalue weighted by Gasteiger charge is 2.21. The molecule has 0 fully saturated rings. The Morgan fingerprint density at radius 3 is 2.68 bits per heavy atom. The van der Waals surface area contributed by atoms with E-state index in [1.807, 2.05) is 16.8 Å². The molecule has 3 nitrogen and oxygen atoms in total. The lowest BCUT2D eigenvalue weighted by Gasteiger charge is -2.09. The van der Waals surface area contributed by atoms with Crippen LogP contribution in [0.25, 0.3) is 5.69 Å². The summed E-state index contributed by atoms with van der Waals surface area (Å²) in [5, 5.41) is 8.39. The van der Waals surface area contributed by atoms with Crippen LogP contribution in [0.2, 0.25) is 0 Å². The van der Waals surface area contributed by atoms with E-state index in [1.165, 1.54) is 15.2 Å². The number of nitrogens with zero attached hydrogens (tertiary/aromatic N) is 2. The van der Waals surface area contributed by atoms with E-state index >= 15 is 0 Å². The van der Waals surface area contributed by atoms with Gasteiger partial charge in [0.15, 0.2) is 0 Å². The quantitative estimate of drug-likeness (QED) is 0.576. The van der Waals surface area contributed by atoms with Gasteiger partial charge in [-0.15, -0.1) is 0 Å². The first-order chi connectivity index (χ1) is 12.2. The van der Waals surface area contributed by atoms with Crippen molar-refractivity contribution in [3.63, 3.8) is 0 Å². The largest absolute Gasteiger partial charge is 0.370 e. The Labute approximate surface area is 160 Å². The standard InChI is InChI=1S/C20H19FIN3/c21-18-7-2-1-5-14(18)13-19-17-6-3-4-12-23-20(17)25(24-19)16-10-8-15(22)9-11-16/h1-2,5,7-11,23H,3-4,6,12-13H2. The molecule has 25 heavy (non-hydrogen) atoms. The van der Waals surface area contributed by atoms with E-state index in [2.05, 4.69) is 52.2 Å². The van der Waals surface area contributed by atoms with E-state index in [9.17, 15) is 4.39 Å². The second kappa shape index (κ2) is 7.15. The molecule has 1 aliphatic heterocycles. The van der Waals surface area contributed by atoms with Crippen LogP contribution in [0.1, 0.15) is 29.7 Å². The van der Waals surface area contributed by atoms with Crippen LogP contribution in [-0.2, 0) is 12.8 Å². The number of hydrogen-bond donors (Lipinski definition) is 1. The Kier molecular flexibility index (Phi) is 4.74. The van der Waals surface area contributed by atoms with E-state index in [4.69, 9.17) is 5.10 Å². The zero-order valence-electron chi connectivity index (χ0n) is 13.8. The number of aromatic nitrogens is 2. The van der Waals surface area contributed by atoms with Crippen molar-refractivity contribution in [3.8, 4) is 5.69 Å². The summed E-state index contributed by atoms with van der Waals surface area (Å²) in [6.07, 6.45) is 3.77. The molecule has 0 saturated heterocycles. The molecule has 1 aliphatic rings. The molecule has 2 aromatic carbocycles. The van der Waals surface area contributed by atoms with Gasteiger partial charge in [0.1, 0.15) is 11.6 Å². The molecule has 3 aromatic rings. The molecule has 5 heteroatoms. The maximum Gasteiger partial charge on any atom is 0.133 e. The fraction of sp³-hybridized carbons (Fsp3) is 0.250. The number of halogens is 2. The smallest absolute Gasteiger partial charge is 0.133 e. The van der Waals surface area contributed by atoms with Crippen LogP contribution >= 0.6 is 22.6 Å². The molecule has 0 radical (unpaired) electrons. The number of anilines is 1. The second-order valence-corrected chi connectivity index (χ2v) is 7.56. The summed E-state index contributed by atoms with van der Waals surface area (Å²) in [5.74, 6) is 0.895. The monoisotopic (exact) mass is 447 g/mol. The van der Waals surface area contributed by atoms with Crippen LogP contribution in [-0.4, -0.2) is 16.3 Å². The highest BCUT2D eigenvalue weighted by molar-refractivity contribution is 14.1. The van der Waals surface area contributed by atoms with Gasteiger partial charge in [0, 0.05) is 22.1 Å². The first kappa shape index (κ1) is 16.6. The number of benzene rings is 2. The minimum Gasteiger partial charge on any atom is -0.370 e. The molecule has 0 amide bonds. The summed E-state index contributed by atoms with van der Waals surface area (Å²) in [6, 6.07) is 15.3. The summed E-state index contributed by atoms with van der Waals surface area (Å²) >= 11 is 2.30. The molecule has 1 aromatic heterocycles. The topological polar surface area (TPSA) is 29.9 Å². The van der Waals surface area contributed by atoms with Crippen molar-refractivity contribution in [1.29, 1.82) is 0 Å². The van der Waals surface area contributed by atoms with Gasteiger partial charge < -0.3 is 5.32 Å². The van der Waals surface area contributed by atoms with Crippen LogP contribution in [0.5, 0.6) is 0 Å². The van der Waals surface area contributed by atoms with Crippen LogP contribution in [0.15, 0.2) is 48.5 Å². The molecule has 0 unspecified atom stereocenters. The normalized spacial score (nSPS) is 13.8. The summed E-state index contributed by atoms with van der Waals surface area (Å²) in [6.45, 7) is 0.947. The van der Waals surface area contributed by atoms with Crippen molar-refractivity contribution in [3.05, 3.63) is 74.7 Å². The highest BCUT2D eigenvalue weighted by Crippen LogP contribution is 2.30. The third-order valence-electron chi connectivity index (χ3n) is 4.60. The van der Waals surface area contributed by atoms with Crippen LogP contribution in [0.3, 0.4) is 0 Å². The molecule has 0 bridgehead atoms. The van der Waals surface area contributed by atoms with Crippen LogP contribution < -0.4 is 5.32 Å². The Hall–Kier alpha value is -1.89. The first-order valence-corrected chi connectivity index (χ1v) is 9.64. The number of hydrogen-bond acceptors (Lipinski definition) is 2. The zero-order chi connectivity index (χ0) is 17.2. The third-order valence-corrected chi connectivity index (χ3v) is 5.32. The third kappa shape index (κ3) is 3.42. The minimum atomic E-state index is -0.165. The number of nitrogens with one attached hydrogen (secondary N) is 1. The summed E-state index contributed by atoms with van der Waals surface area (Å²) in [4.78, 5) is 0. The van der Waals surface area contributed by atoms with E-state index < -0.39 is 0 Å². The average molecular weight is 447 g/mol. The van der Waals surface area contributed by atoms with E-state index in [1.54, 1.807) is 6.07 Å². The van der Waals surface area contributed by atoms with Crippen molar-refractivity contribution < 1.29 is 4.39 Å². The van der Waals surface area contributed by atoms with Crippen molar-refractivity contribution in [1.82, 2.24) is 9.78 Å². The van der Waals surface area contributed by atoms with E-state index in [-0.39, 0.29) is 5.82 Å². The fourth-order valence-electron chi connectivity index (χ4n) is 3.31. The second-order valence-electron chi connectivity index (χ2n) is 6.31. The van der Waals surface area contributed by atoms with Crippen molar-refractivity contribution in [2.45, 2.75) is 25.7 Å². The molecule has 4 rings (SSSR count). The summed E-state index contributed by atoms with van der Waals surface area (Å²) in [7, 11) is 0. The van der Waals surface area contributed by atoms with Gasteiger partial charge in [0.05, 0.1) is 11.4 Å².